The number of nitrogens with zero attached hydrogens (tertiary/aromatic N) is 1. The number of hydrogen-bond acceptors (Lipinski definition) is 3. The number of halogens is 3. The van der Waals surface area contributed by atoms with E-state index in [1.165, 1.54) is 13.3 Å². The molecule has 19 heavy (non-hydrogen) atoms. The zero-order chi connectivity index (χ0) is 14.0. The number of methoxy groups -OCH3 is 1. The third kappa shape index (κ3) is 2.53. The summed E-state index contributed by atoms with van der Waals surface area (Å²) in [5, 5.41) is 0. The molecule has 0 spiro atoms. The summed E-state index contributed by atoms with van der Waals surface area (Å²) in [6.07, 6.45) is 1.48. The molecule has 0 aliphatic heterocycles. The normalized spacial score (nSPS) is 12.3. The molecule has 0 radical (unpaired) electrons. The lowest BCUT2D eigenvalue weighted by atomic mass is 10.0. The lowest BCUT2D eigenvalue weighted by Crippen LogP contribution is -2.15. The Labute approximate surface area is 107 Å². The van der Waals surface area contributed by atoms with Crippen LogP contribution in [-0.4, -0.2) is 12.1 Å². The van der Waals surface area contributed by atoms with Crippen LogP contribution in [0.5, 0.6) is 5.75 Å². The Morgan fingerprint density at radius 3 is 2.42 bits per heavy atom. The van der Waals surface area contributed by atoms with Crippen LogP contribution in [0, 0.1) is 17.5 Å². The fourth-order valence-corrected chi connectivity index (χ4v) is 1.72. The molecule has 0 amide bonds. The molecule has 6 heteroatoms. The van der Waals surface area contributed by atoms with E-state index in [9.17, 15) is 13.2 Å². The number of rotatable bonds is 3. The van der Waals surface area contributed by atoms with Crippen molar-refractivity contribution < 1.29 is 17.9 Å². The van der Waals surface area contributed by atoms with Crippen molar-refractivity contribution in [2.24, 2.45) is 5.73 Å². The van der Waals surface area contributed by atoms with Gasteiger partial charge in [0.1, 0.15) is 11.4 Å². The smallest absolute Gasteiger partial charge is 0.194 e. The lowest BCUT2D eigenvalue weighted by Gasteiger charge is -2.15. The number of ether oxygens (including phenoxy) is 1. The molecule has 2 N–H and O–H groups in total. The Morgan fingerprint density at radius 2 is 1.84 bits per heavy atom. The molecule has 0 fully saturated rings. The van der Waals surface area contributed by atoms with Crippen LogP contribution in [0.1, 0.15) is 17.3 Å². The van der Waals surface area contributed by atoms with Crippen molar-refractivity contribution >= 4 is 0 Å². The van der Waals surface area contributed by atoms with E-state index in [0.29, 0.717) is 11.4 Å². The predicted octanol–water partition coefficient (Wildman–Crippen LogP) is 2.56. The van der Waals surface area contributed by atoms with Crippen molar-refractivity contribution in [1.29, 1.82) is 0 Å². The van der Waals surface area contributed by atoms with E-state index in [2.05, 4.69) is 4.98 Å². The van der Waals surface area contributed by atoms with Crippen LogP contribution < -0.4 is 10.5 Å². The second-order valence-electron chi connectivity index (χ2n) is 3.87. The van der Waals surface area contributed by atoms with Gasteiger partial charge in [-0.25, -0.2) is 13.2 Å². The highest BCUT2D eigenvalue weighted by Gasteiger charge is 2.19. The average molecular weight is 268 g/mol. The third-order valence-electron chi connectivity index (χ3n) is 2.68. The van der Waals surface area contributed by atoms with Gasteiger partial charge in [-0.1, -0.05) is 0 Å². The Morgan fingerprint density at radius 1 is 1.21 bits per heavy atom. The van der Waals surface area contributed by atoms with Crippen molar-refractivity contribution in [3.05, 3.63) is 59.2 Å². The molecule has 1 atom stereocenters. The molecule has 1 aromatic carbocycles. The maximum atomic E-state index is 13.2. The summed E-state index contributed by atoms with van der Waals surface area (Å²) < 4.78 is 44.3. The SMILES string of the molecule is COc1cccnc1C(N)c1cc(F)c(F)c(F)c1. The van der Waals surface area contributed by atoms with Crippen LogP contribution in [0.3, 0.4) is 0 Å². The van der Waals surface area contributed by atoms with Crippen LogP contribution in [0.25, 0.3) is 0 Å². The van der Waals surface area contributed by atoms with Gasteiger partial charge in [0, 0.05) is 6.20 Å². The van der Waals surface area contributed by atoms with Crippen molar-refractivity contribution in [3.63, 3.8) is 0 Å². The quantitative estimate of drug-likeness (QED) is 0.870. The zero-order valence-electron chi connectivity index (χ0n) is 10.0. The molecule has 3 nitrogen and oxygen atoms in total. The highest BCUT2D eigenvalue weighted by molar-refractivity contribution is 5.36. The average Bonchev–Trinajstić information content (AvgIpc) is 2.43. The number of hydrogen-bond donors (Lipinski definition) is 1. The molecule has 2 rings (SSSR count). The van der Waals surface area contributed by atoms with E-state index in [4.69, 9.17) is 10.5 Å². The summed E-state index contributed by atoms with van der Waals surface area (Å²) in [6.45, 7) is 0. The van der Waals surface area contributed by atoms with E-state index < -0.39 is 23.5 Å². The maximum Gasteiger partial charge on any atom is 0.194 e. The van der Waals surface area contributed by atoms with Gasteiger partial charge in [0.2, 0.25) is 0 Å². The van der Waals surface area contributed by atoms with Crippen LogP contribution >= 0.6 is 0 Å². The van der Waals surface area contributed by atoms with E-state index in [-0.39, 0.29) is 5.56 Å². The molecule has 0 aliphatic rings. The second-order valence-corrected chi connectivity index (χ2v) is 3.87. The largest absolute Gasteiger partial charge is 0.495 e. The Hall–Kier alpha value is -2.08. The first kappa shape index (κ1) is 13.4. The molecule has 1 heterocycles. The van der Waals surface area contributed by atoms with Crippen molar-refractivity contribution in [3.8, 4) is 5.75 Å². The lowest BCUT2D eigenvalue weighted by molar-refractivity contribution is 0.404. The van der Waals surface area contributed by atoms with Gasteiger partial charge in [-0.2, -0.15) is 0 Å². The summed E-state index contributed by atoms with van der Waals surface area (Å²) in [4.78, 5) is 4.02. The highest BCUT2D eigenvalue weighted by Crippen LogP contribution is 2.27. The molecule has 1 aromatic heterocycles. The van der Waals surface area contributed by atoms with Crippen LogP contribution in [0.4, 0.5) is 13.2 Å². The monoisotopic (exact) mass is 268 g/mol. The molecule has 0 bridgehead atoms. The van der Waals surface area contributed by atoms with Crippen LogP contribution in [-0.2, 0) is 0 Å². The minimum absolute atomic E-state index is 0.0772. The summed E-state index contributed by atoms with van der Waals surface area (Å²) in [5.41, 5.74) is 6.27. The molecule has 100 valence electrons. The van der Waals surface area contributed by atoms with E-state index in [1.54, 1.807) is 12.1 Å². The molecule has 0 saturated heterocycles. The van der Waals surface area contributed by atoms with Gasteiger partial charge < -0.3 is 10.5 Å². The molecule has 2 aromatic rings. The van der Waals surface area contributed by atoms with Crippen molar-refractivity contribution in [2.75, 3.05) is 7.11 Å². The van der Waals surface area contributed by atoms with Gasteiger partial charge in [-0.3, -0.25) is 4.98 Å². The summed E-state index contributed by atoms with van der Waals surface area (Å²) >= 11 is 0. The Balaban J connectivity index is 2.47. The predicted molar refractivity (Wildman–Crippen MR) is 63.1 cm³/mol. The van der Waals surface area contributed by atoms with E-state index >= 15 is 0 Å². The van der Waals surface area contributed by atoms with Gasteiger partial charge in [0.15, 0.2) is 17.5 Å². The summed E-state index contributed by atoms with van der Waals surface area (Å²) in [5.74, 6) is -3.72. The van der Waals surface area contributed by atoms with Crippen LogP contribution in [0.2, 0.25) is 0 Å². The van der Waals surface area contributed by atoms with E-state index in [0.717, 1.165) is 12.1 Å². The van der Waals surface area contributed by atoms with Gasteiger partial charge in [0.05, 0.1) is 13.2 Å². The Kier molecular flexibility index (Phi) is 3.71. The molecular weight excluding hydrogens is 257 g/mol. The topological polar surface area (TPSA) is 48.1 Å². The van der Waals surface area contributed by atoms with Gasteiger partial charge in [-0.05, 0) is 29.8 Å². The summed E-state index contributed by atoms with van der Waals surface area (Å²) in [7, 11) is 1.43. The molecule has 1 unspecified atom stereocenters. The first-order valence-electron chi connectivity index (χ1n) is 5.43. The number of nitrogens with two attached hydrogens (primary N) is 1. The van der Waals surface area contributed by atoms with E-state index in [1.807, 2.05) is 0 Å². The Bertz CT molecular complexity index is 581. The second kappa shape index (κ2) is 5.27. The van der Waals surface area contributed by atoms with Crippen molar-refractivity contribution in [1.82, 2.24) is 4.98 Å². The number of aromatic nitrogens is 1. The minimum Gasteiger partial charge on any atom is -0.495 e. The van der Waals surface area contributed by atoms with Crippen molar-refractivity contribution in [2.45, 2.75) is 6.04 Å². The van der Waals surface area contributed by atoms with Gasteiger partial charge >= 0.3 is 0 Å². The molecular formula is C13H11F3N2O. The third-order valence-corrected chi connectivity index (χ3v) is 2.68. The molecule has 0 aliphatic carbocycles. The standard InChI is InChI=1S/C13H11F3N2O/c1-19-10-3-2-4-18-13(10)12(17)7-5-8(14)11(16)9(15)6-7/h2-6,12H,17H2,1H3. The number of benzene rings is 1. The van der Waals surface area contributed by atoms with Crippen LogP contribution in [0.15, 0.2) is 30.5 Å². The fraction of sp³-hybridized carbons (Fsp3) is 0.154. The van der Waals surface area contributed by atoms with Gasteiger partial charge in [0.25, 0.3) is 0 Å². The summed E-state index contributed by atoms with van der Waals surface area (Å²) in [6, 6.07) is 4.04. The number of pyridine rings is 1. The van der Waals surface area contributed by atoms with Gasteiger partial charge in [-0.15, -0.1) is 0 Å². The fourth-order valence-electron chi connectivity index (χ4n) is 1.72. The zero-order valence-corrected chi connectivity index (χ0v) is 10.0. The highest BCUT2D eigenvalue weighted by atomic mass is 19.2. The first-order valence-corrected chi connectivity index (χ1v) is 5.43. The maximum absolute atomic E-state index is 13.2. The minimum atomic E-state index is -1.52. The molecule has 0 saturated carbocycles. The first-order chi connectivity index (χ1) is 9.04.